The molecule has 0 saturated heterocycles. The van der Waals surface area contributed by atoms with Crippen molar-refractivity contribution in [1.82, 2.24) is 4.57 Å². The third-order valence-electron chi connectivity index (χ3n) is 2.66. The molecular formula is C13H10Cl3NO. The lowest BCUT2D eigenvalue weighted by Crippen LogP contribution is -2.13. The molecule has 94 valence electrons. The number of benzene rings is 1. The summed E-state index contributed by atoms with van der Waals surface area (Å²) in [5.74, 6) is 0.164. The summed E-state index contributed by atoms with van der Waals surface area (Å²) in [6.07, 6.45) is 1.70. The molecule has 2 nitrogen and oxygen atoms in total. The summed E-state index contributed by atoms with van der Waals surface area (Å²) < 4.78 is 1.81. The Hall–Kier alpha value is -0.960. The minimum atomic E-state index is -0.0723. The number of aromatic nitrogens is 1. The lowest BCUT2D eigenvalue weighted by Gasteiger charge is -2.14. The van der Waals surface area contributed by atoms with Crippen LogP contribution in [0, 0.1) is 6.92 Å². The van der Waals surface area contributed by atoms with Gasteiger partial charge in [-0.15, -0.1) is 11.6 Å². The number of hydrogen-bond acceptors (Lipinski definition) is 1. The Balaban J connectivity index is 2.71. The van der Waals surface area contributed by atoms with Crippen molar-refractivity contribution < 1.29 is 0 Å². The van der Waals surface area contributed by atoms with Crippen LogP contribution in [-0.2, 0) is 5.88 Å². The second-order valence-electron chi connectivity index (χ2n) is 3.88. The second-order valence-corrected chi connectivity index (χ2v) is 4.93. The van der Waals surface area contributed by atoms with E-state index in [1.165, 1.54) is 6.07 Å². The summed E-state index contributed by atoms with van der Waals surface area (Å²) in [6, 6.07) is 6.90. The molecule has 2 rings (SSSR count). The molecule has 0 atom stereocenters. The minimum Gasteiger partial charge on any atom is -0.319 e. The molecular weight excluding hydrogens is 293 g/mol. The molecule has 0 amide bonds. The average molecular weight is 303 g/mol. The zero-order valence-corrected chi connectivity index (χ0v) is 11.9. The highest BCUT2D eigenvalue weighted by Gasteiger charge is 2.09. The Morgan fingerprint density at radius 2 is 2.00 bits per heavy atom. The fourth-order valence-corrected chi connectivity index (χ4v) is 2.30. The van der Waals surface area contributed by atoms with Crippen LogP contribution in [-0.4, -0.2) is 4.57 Å². The Morgan fingerprint density at radius 1 is 1.28 bits per heavy atom. The van der Waals surface area contributed by atoms with Gasteiger partial charge in [-0.3, -0.25) is 4.79 Å². The largest absolute Gasteiger partial charge is 0.319 e. The number of hydrogen-bond donors (Lipinski definition) is 0. The molecule has 0 spiro atoms. The van der Waals surface area contributed by atoms with Crippen LogP contribution in [0.25, 0.3) is 5.69 Å². The van der Waals surface area contributed by atoms with Crippen molar-refractivity contribution in [1.29, 1.82) is 0 Å². The molecule has 1 aromatic carbocycles. The van der Waals surface area contributed by atoms with Gasteiger partial charge in [-0.05, 0) is 19.1 Å². The van der Waals surface area contributed by atoms with Gasteiger partial charge in [0.05, 0.1) is 21.6 Å². The van der Waals surface area contributed by atoms with Crippen LogP contribution >= 0.6 is 34.8 Å². The van der Waals surface area contributed by atoms with Gasteiger partial charge in [0.15, 0.2) is 5.43 Å². The van der Waals surface area contributed by atoms with Gasteiger partial charge >= 0.3 is 0 Å². The molecule has 5 heteroatoms. The summed E-state index contributed by atoms with van der Waals surface area (Å²) in [6.45, 7) is 1.83. The molecule has 2 aromatic rings. The number of aryl methyl sites for hydroxylation is 1. The maximum Gasteiger partial charge on any atom is 0.186 e. The van der Waals surface area contributed by atoms with E-state index in [0.717, 1.165) is 11.4 Å². The van der Waals surface area contributed by atoms with Gasteiger partial charge in [-0.2, -0.15) is 0 Å². The molecule has 0 aliphatic rings. The Morgan fingerprint density at radius 3 is 2.67 bits per heavy atom. The highest BCUT2D eigenvalue weighted by Crippen LogP contribution is 2.29. The average Bonchev–Trinajstić information content (AvgIpc) is 2.34. The first kappa shape index (κ1) is 13.5. The van der Waals surface area contributed by atoms with E-state index in [1.54, 1.807) is 12.3 Å². The molecule has 18 heavy (non-hydrogen) atoms. The van der Waals surface area contributed by atoms with E-state index in [4.69, 9.17) is 34.8 Å². The zero-order valence-electron chi connectivity index (χ0n) is 9.58. The minimum absolute atomic E-state index is 0.0723. The van der Waals surface area contributed by atoms with Crippen LogP contribution in [0.1, 0.15) is 11.3 Å². The lowest BCUT2D eigenvalue weighted by atomic mass is 10.2. The molecule has 0 aliphatic carbocycles. The van der Waals surface area contributed by atoms with Crippen molar-refractivity contribution in [2.75, 3.05) is 0 Å². The van der Waals surface area contributed by atoms with Gasteiger partial charge in [-0.1, -0.05) is 29.3 Å². The molecule has 0 saturated carbocycles. The van der Waals surface area contributed by atoms with Crippen LogP contribution in [0.3, 0.4) is 0 Å². The van der Waals surface area contributed by atoms with Crippen molar-refractivity contribution in [3.8, 4) is 5.69 Å². The van der Waals surface area contributed by atoms with Crippen molar-refractivity contribution in [2.24, 2.45) is 0 Å². The first-order chi connectivity index (χ1) is 8.54. The number of halogens is 3. The first-order valence-corrected chi connectivity index (χ1v) is 6.56. The van der Waals surface area contributed by atoms with Gasteiger partial charge in [0.25, 0.3) is 0 Å². The van der Waals surface area contributed by atoms with E-state index in [0.29, 0.717) is 15.6 Å². The van der Waals surface area contributed by atoms with Crippen LogP contribution in [0.5, 0.6) is 0 Å². The molecule has 0 fully saturated rings. The van der Waals surface area contributed by atoms with E-state index >= 15 is 0 Å². The zero-order chi connectivity index (χ0) is 13.3. The summed E-state index contributed by atoms with van der Waals surface area (Å²) in [4.78, 5) is 11.6. The maximum absolute atomic E-state index is 11.6. The van der Waals surface area contributed by atoms with Crippen LogP contribution in [0.4, 0.5) is 0 Å². The molecule has 1 heterocycles. The van der Waals surface area contributed by atoms with Gasteiger partial charge in [0, 0.05) is 23.5 Å². The molecule has 1 aromatic heterocycles. The fourth-order valence-electron chi connectivity index (χ4n) is 1.71. The van der Waals surface area contributed by atoms with Crippen molar-refractivity contribution in [3.05, 3.63) is 62.0 Å². The van der Waals surface area contributed by atoms with Gasteiger partial charge in [0.1, 0.15) is 0 Å². The number of nitrogens with zero attached hydrogens (tertiary/aromatic N) is 1. The standard InChI is InChI=1S/C13H10Cl3NO/c1-8-5-12(18)9(6-14)7-17(8)11-4-2-3-10(15)13(11)16/h2-5,7H,6H2,1H3. The molecule has 0 bridgehead atoms. The first-order valence-electron chi connectivity index (χ1n) is 5.27. The van der Waals surface area contributed by atoms with Gasteiger partial charge < -0.3 is 4.57 Å². The van der Waals surface area contributed by atoms with E-state index in [9.17, 15) is 4.79 Å². The van der Waals surface area contributed by atoms with Gasteiger partial charge in [0.2, 0.25) is 0 Å². The quantitative estimate of drug-likeness (QED) is 0.762. The summed E-state index contributed by atoms with van der Waals surface area (Å²) in [7, 11) is 0. The van der Waals surface area contributed by atoms with Crippen molar-refractivity contribution in [3.63, 3.8) is 0 Å². The third kappa shape index (κ3) is 2.41. The van der Waals surface area contributed by atoms with Crippen molar-refractivity contribution in [2.45, 2.75) is 12.8 Å². The maximum atomic E-state index is 11.6. The summed E-state index contributed by atoms with van der Waals surface area (Å²) >= 11 is 17.9. The highest BCUT2D eigenvalue weighted by molar-refractivity contribution is 6.43. The molecule has 0 unspecified atom stereocenters. The predicted molar refractivity (Wildman–Crippen MR) is 76.4 cm³/mol. The molecule has 0 radical (unpaired) electrons. The smallest absolute Gasteiger partial charge is 0.186 e. The third-order valence-corrected chi connectivity index (χ3v) is 3.75. The summed E-state index contributed by atoms with van der Waals surface area (Å²) in [5, 5.41) is 0.922. The molecule has 0 N–H and O–H groups in total. The Kier molecular flexibility index (Phi) is 4.00. The summed E-state index contributed by atoms with van der Waals surface area (Å²) in [5.41, 5.74) is 1.96. The van der Waals surface area contributed by atoms with E-state index in [2.05, 4.69) is 0 Å². The van der Waals surface area contributed by atoms with Crippen LogP contribution in [0.15, 0.2) is 35.3 Å². The van der Waals surface area contributed by atoms with E-state index < -0.39 is 0 Å². The lowest BCUT2D eigenvalue weighted by molar-refractivity contribution is 0.955. The van der Waals surface area contributed by atoms with Crippen LogP contribution < -0.4 is 5.43 Å². The number of pyridine rings is 1. The SMILES string of the molecule is Cc1cc(=O)c(CCl)cn1-c1cccc(Cl)c1Cl. The van der Waals surface area contributed by atoms with Gasteiger partial charge in [-0.25, -0.2) is 0 Å². The number of rotatable bonds is 2. The molecule has 0 aliphatic heterocycles. The Labute approximate surface area is 120 Å². The predicted octanol–water partition coefficient (Wildman–Crippen LogP) is 4.19. The van der Waals surface area contributed by atoms with Crippen LogP contribution in [0.2, 0.25) is 10.0 Å². The number of alkyl halides is 1. The second kappa shape index (κ2) is 5.35. The van der Waals surface area contributed by atoms with E-state index in [1.807, 2.05) is 23.6 Å². The topological polar surface area (TPSA) is 22.0 Å². The van der Waals surface area contributed by atoms with Crippen molar-refractivity contribution >= 4 is 34.8 Å². The fraction of sp³-hybridized carbons (Fsp3) is 0.154. The highest BCUT2D eigenvalue weighted by atomic mass is 35.5. The monoisotopic (exact) mass is 301 g/mol. The van der Waals surface area contributed by atoms with E-state index in [-0.39, 0.29) is 11.3 Å². The normalized spacial score (nSPS) is 10.7. The Bertz CT molecular complexity index is 649.